The van der Waals surface area contributed by atoms with E-state index in [0.717, 1.165) is 13.1 Å². The van der Waals surface area contributed by atoms with Crippen molar-refractivity contribution in [2.24, 2.45) is 0 Å². The third-order valence-electron chi connectivity index (χ3n) is 5.00. The number of hydrogen-bond acceptors (Lipinski definition) is 4. The number of hydrogen-bond donors (Lipinski definition) is 0. The maximum Gasteiger partial charge on any atom is 0.107 e. The first-order valence-electron chi connectivity index (χ1n) is 8.30. The maximum atomic E-state index is 4.44. The van der Waals surface area contributed by atoms with Crippen molar-refractivity contribution in [2.75, 3.05) is 19.6 Å². The Morgan fingerprint density at radius 1 is 1.18 bits per heavy atom. The first-order valence-corrected chi connectivity index (χ1v) is 9.18. The summed E-state index contributed by atoms with van der Waals surface area (Å²) >= 11 is 1.78. The summed E-state index contributed by atoms with van der Waals surface area (Å²) in [6.45, 7) is 5.79. The van der Waals surface area contributed by atoms with Gasteiger partial charge < -0.3 is 0 Å². The SMILES string of the molecule is c1ccc2c(c1)CCN(C1CCCN(Cc3nccs3)C1)C2. The van der Waals surface area contributed by atoms with Gasteiger partial charge in [-0.15, -0.1) is 11.3 Å². The molecule has 4 rings (SSSR count). The van der Waals surface area contributed by atoms with Crippen LogP contribution in [0.25, 0.3) is 0 Å². The van der Waals surface area contributed by atoms with Crippen LogP contribution in [0.4, 0.5) is 0 Å². The lowest BCUT2D eigenvalue weighted by Crippen LogP contribution is -2.49. The molecule has 1 unspecified atom stereocenters. The Morgan fingerprint density at radius 2 is 2.09 bits per heavy atom. The van der Waals surface area contributed by atoms with Gasteiger partial charge in [0.05, 0.1) is 6.54 Å². The smallest absolute Gasteiger partial charge is 0.107 e. The van der Waals surface area contributed by atoms with Crippen LogP contribution in [0.2, 0.25) is 0 Å². The molecule has 1 saturated heterocycles. The molecule has 1 aromatic carbocycles. The van der Waals surface area contributed by atoms with E-state index in [-0.39, 0.29) is 0 Å². The second kappa shape index (κ2) is 6.49. The highest BCUT2D eigenvalue weighted by molar-refractivity contribution is 7.09. The molecule has 3 heterocycles. The van der Waals surface area contributed by atoms with E-state index < -0.39 is 0 Å². The van der Waals surface area contributed by atoms with Gasteiger partial charge in [0.2, 0.25) is 0 Å². The third kappa shape index (κ3) is 3.09. The van der Waals surface area contributed by atoms with Gasteiger partial charge in [0.1, 0.15) is 5.01 Å². The van der Waals surface area contributed by atoms with Gasteiger partial charge in [0.25, 0.3) is 0 Å². The molecule has 0 radical (unpaired) electrons. The highest BCUT2D eigenvalue weighted by Crippen LogP contribution is 2.25. The topological polar surface area (TPSA) is 19.4 Å². The first-order chi connectivity index (χ1) is 10.9. The fourth-order valence-electron chi connectivity index (χ4n) is 3.82. The Hall–Kier alpha value is -1.23. The molecule has 2 aliphatic heterocycles. The molecule has 0 aliphatic carbocycles. The van der Waals surface area contributed by atoms with Crippen LogP contribution in [0, 0.1) is 0 Å². The number of aromatic nitrogens is 1. The number of benzene rings is 1. The lowest BCUT2D eigenvalue weighted by atomic mass is 9.96. The standard InChI is InChI=1S/C18H23N3S/c1-2-5-16-12-21(10-7-15(16)4-1)17-6-3-9-20(13-17)14-18-19-8-11-22-18/h1-2,4-5,8,11,17H,3,6-7,9-10,12-14H2. The summed E-state index contributed by atoms with van der Waals surface area (Å²) in [6.07, 6.45) is 5.78. The molecule has 1 aromatic heterocycles. The molecule has 0 bridgehead atoms. The molecule has 0 spiro atoms. The van der Waals surface area contributed by atoms with Gasteiger partial charge in [0.15, 0.2) is 0 Å². The van der Waals surface area contributed by atoms with Crippen molar-refractivity contribution in [2.45, 2.75) is 38.4 Å². The fraction of sp³-hybridized carbons (Fsp3) is 0.500. The predicted octanol–water partition coefficient (Wildman–Crippen LogP) is 3.17. The molecule has 0 saturated carbocycles. The number of nitrogens with zero attached hydrogens (tertiary/aromatic N) is 3. The molecule has 2 aromatic rings. The van der Waals surface area contributed by atoms with Crippen LogP contribution < -0.4 is 0 Å². The van der Waals surface area contributed by atoms with Crippen LogP contribution >= 0.6 is 11.3 Å². The van der Waals surface area contributed by atoms with E-state index in [1.165, 1.54) is 49.5 Å². The van der Waals surface area contributed by atoms with E-state index in [1.807, 2.05) is 6.20 Å². The highest BCUT2D eigenvalue weighted by atomic mass is 32.1. The minimum Gasteiger partial charge on any atom is -0.295 e. The van der Waals surface area contributed by atoms with Crippen molar-refractivity contribution in [1.82, 2.24) is 14.8 Å². The summed E-state index contributed by atoms with van der Waals surface area (Å²) in [4.78, 5) is 9.74. The molecular formula is C18H23N3S. The van der Waals surface area contributed by atoms with Gasteiger partial charge in [-0.2, -0.15) is 0 Å². The summed E-state index contributed by atoms with van der Waals surface area (Å²) in [5.74, 6) is 0. The molecular weight excluding hydrogens is 290 g/mol. The van der Waals surface area contributed by atoms with Gasteiger partial charge in [0, 0.05) is 37.3 Å². The van der Waals surface area contributed by atoms with Crippen LogP contribution in [-0.4, -0.2) is 40.5 Å². The molecule has 0 amide bonds. The van der Waals surface area contributed by atoms with Gasteiger partial charge in [-0.25, -0.2) is 4.98 Å². The quantitative estimate of drug-likeness (QED) is 0.868. The Kier molecular flexibility index (Phi) is 4.24. The van der Waals surface area contributed by atoms with E-state index in [0.29, 0.717) is 6.04 Å². The predicted molar refractivity (Wildman–Crippen MR) is 91.0 cm³/mol. The lowest BCUT2D eigenvalue weighted by molar-refractivity contribution is 0.0838. The normalized spacial score (nSPS) is 23.4. The summed E-state index contributed by atoms with van der Waals surface area (Å²) in [6, 6.07) is 9.66. The Labute approximate surface area is 136 Å². The van der Waals surface area contributed by atoms with Crippen molar-refractivity contribution < 1.29 is 0 Å². The summed E-state index contributed by atoms with van der Waals surface area (Å²) < 4.78 is 0. The number of rotatable bonds is 3. The minimum absolute atomic E-state index is 0.710. The molecule has 3 nitrogen and oxygen atoms in total. The second-order valence-corrected chi connectivity index (χ2v) is 7.43. The van der Waals surface area contributed by atoms with Crippen molar-refractivity contribution in [3.63, 3.8) is 0 Å². The second-order valence-electron chi connectivity index (χ2n) is 6.45. The minimum atomic E-state index is 0.710. The fourth-order valence-corrected chi connectivity index (χ4v) is 4.48. The molecule has 22 heavy (non-hydrogen) atoms. The average molecular weight is 313 g/mol. The average Bonchev–Trinajstić information content (AvgIpc) is 3.08. The Morgan fingerprint density at radius 3 is 2.95 bits per heavy atom. The maximum absolute atomic E-state index is 4.44. The van der Waals surface area contributed by atoms with Crippen molar-refractivity contribution in [1.29, 1.82) is 0 Å². The zero-order chi connectivity index (χ0) is 14.8. The van der Waals surface area contributed by atoms with Crippen LogP contribution in [0.5, 0.6) is 0 Å². The van der Waals surface area contributed by atoms with Crippen LogP contribution in [-0.2, 0) is 19.5 Å². The Balaban J connectivity index is 1.40. The molecule has 4 heteroatoms. The Bertz CT molecular complexity index is 611. The summed E-state index contributed by atoms with van der Waals surface area (Å²) in [5, 5.41) is 3.34. The van der Waals surface area contributed by atoms with Gasteiger partial charge >= 0.3 is 0 Å². The van der Waals surface area contributed by atoms with E-state index in [1.54, 1.807) is 16.9 Å². The molecule has 0 N–H and O–H groups in total. The van der Waals surface area contributed by atoms with E-state index in [9.17, 15) is 0 Å². The van der Waals surface area contributed by atoms with E-state index in [4.69, 9.17) is 0 Å². The van der Waals surface area contributed by atoms with Crippen LogP contribution in [0.3, 0.4) is 0 Å². The van der Waals surface area contributed by atoms with Gasteiger partial charge in [-0.05, 0) is 36.9 Å². The van der Waals surface area contributed by atoms with Crippen LogP contribution in [0.15, 0.2) is 35.8 Å². The number of piperidine rings is 1. The monoisotopic (exact) mass is 313 g/mol. The van der Waals surface area contributed by atoms with Crippen molar-refractivity contribution in [3.8, 4) is 0 Å². The molecule has 1 atom stereocenters. The number of fused-ring (bicyclic) bond motifs is 1. The first kappa shape index (κ1) is 14.4. The van der Waals surface area contributed by atoms with Gasteiger partial charge in [-0.3, -0.25) is 9.80 Å². The van der Waals surface area contributed by atoms with Crippen molar-refractivity contribution >= 4 is 11.3 Å². The summed E-state index contributed by atoms with van der Waals surface area (Å²) in [5.41, 5.74) is 3.08. The van der Waals surface area contributed by atoms with E-state index >= 15 is 0 Å². The van der Waals surface area contributed by atoms with E-state index in [2.05, 4.69) is 44.4 Å². The largest absolute Gasteiger partial charge is 0.295 e. The zero-order valence-electron chi connectivity index (χ0n) is 12.9. The lowest BCUT2D eigenvalue weighted by Gasteiger charge is -2.41. The molecule has 116 valence electrons. The summed E-state index contributed by atoms with van der Waals surface area (Å²) in [7, 11) is 0. The number of thiazole rings is 1. The molecule has 1 fully saturated rings. The zero-order valence-corrected chi connectivity index (χ0v) is 13.8. The third-order valence-corrected chi connectivity index (χ3v) is 5.76. The molecule has 2 aliphatic rings. The van der Waals surface area contributed by atoms with Crippen molar-refractivity contribution in [3.05, 3.63) is 52.0 Å². The van der Waals surface area contributed by atoms with Crippen LogP contribution in [0.1, 0.15) is 29.0 Å². The highest BCUT2D eigenvalue weighted by Gasteiger charge is 2.28. The number of likely N-dealkylation sites (tertiary alicyclic amines) is 1. The van der Waals surface area contributed by atoms with Gasteiger partial charge in [-0.1, -0.05) is 24.3 Å².